The molecule has 0 bridgehead atoms. The molecule has 0 unspecified atom stereocenters. The van der Waals surface area contributed by atoms with Crippen LogP contribution in [0.25, 0.3) is 0 Å². The van der Waals surface area contributed by atoms with Crippen molar-refractivity contribution in [3.8, 4) is 0 Å². The Morgan fingerprint density at radius 3 is 2.70 bits per heavy atom. The molecular formula is C10H11. The maximum absolute atomic E-state index is 3.16. The normalized spacial score (nSPS) is 30.4. The Labute approximate surface area is 62.3 Å². The van der Waals surface area contributed by atoms with Crippen LogP contribution in [0.3, 0.4) is 0 Å². The average molecular weight is 131 g/mol. The topological polar surface area (TPSA) is 0 Å². The van der Waals surface area contributed by atoms with Crippen LogP contribution in [0, 0.1) is 6.08 Å². The van der Waals surface area contributed by atoms with Gasteiger partial charge in [-0.1, -0.05) is 42.5 Å². The third kappa shape index (κ3) is 3.08. The number of hydrogen-bond donors (Lipinski definition) is 0. The van der Waals surface area contributed by atoms with E-state index < -0.39 is 0 Å². The van der Waals surface area contributed by atoms with Gasteiger partial charge in [-0.25, -0.2) is 0 Å². The Balaban J connectivity index is 2.53. The van der Waals surface area contributed by atoms with Gasteiger partial charge < -0.3 is 0 Å². The van der Waals surface area contributed by atoms with Crippen LogP contribution < -0.4 is 0 Å². The van der Waals surface area contributed by atoms with Gasteiger partial charge in [0.25, 0.3) is 0 Å². The summed E-state index contributed by atoms with van der Waals surface area (Å²) in [7, 11) is 0. The summed E-state index contributed by atoms with van der Waals surface area (Å²) in [6.45, 7) is 0. The standard InChI is InChI=1S/C10H11/c1-2-4-6-8-10-9-7-5-3-1/h1-7H,8,10H2/b2-1-,5-3-,6-4-,9-7?. The molecule has 1 radical (unpaired) electrons. The van der Waals surface area contributed by atoms with Crippen LogP contribution in [0.5, 0.6) is 0 Å². The van der Waals surface area contributed by atoms with E-state index >= 15 is 0 Å². The molecule has 0 nitrogen and oxygen atoms in total. The van der Waals surface area contributed by atoms with E-state index in [0.29, 0.717) is 0 Å². The first-order valence-electron chi connectivity index (χ1n) is 3.55. The van der Waals surface area contributed by atoms with Gasteiger partial charge in [-0.3, -0.25) is 0 Å². The van der Waals surface area contributed by atoms with E-state index in [9.17, 15) is 0 Å². The predicted molar refractivity (Wildman–Crippen MR) is 44.5 cm³/mol. The monoisotopic (exact) mass is 131 g/mol. The molecule has 10 heavy (non-hydrogen) atoms. The zero-order valence-corrected chi connectivity index (χ0v) is 5.96. The predicted octanol–water partition coefficient (Wildman–Crippen LogP) is 2.81. The van der Waals surface area contributed by atoms with E-state index in [-0.39, 0.29) is 0 Å². The lowest BCUT2D eigenvalue weighted by molar-refractivity contribution is 1.03. The molecule has 1 rings (SSSR count). The van der Waals surface area contributed by atoms with Crippen molar-refractivity contribution in [3.05, 3.63) is 48.6 Å². The van der Waals surface area contributed by atoms with Crippen LogP contribution >= 0.6 is 0 Å². The Morgan fingerprint density at radius 2 is 1.70 bits per heavy atom. The molecule has 1 aliphatic carbocycles. The van der Waals surface area contributed by atoms with Crippen LogP contribution in [0.4, 0.5) is 0 Å². The van der Waals surface area contributed by atoms with E-state index in [4.69, 9.17) is 0 Å². The van der Waals surface area contributed by atoms with Crippen molar-refractivity contribution >= 4 is 0 Å². The van der Waals surface area contributed by atoms with E-state index in [2.05, 4.69) is 18.2 Å². The summed E-state index contributed by atoms with van der Waals surface area (Å²) in [6, 6.07) is 0. The Kier molecular flexibility index (Phi) is 3.40. The highest BCUT2D eigenvalue weighted by Gasteiger charge is 1.75. The number of hydrogen-bond acceptors (Lipinski definition) is 0. The summed E-state index contributed by atoms with van der Waals surface area (Å²) in [5, 5.41) is 0. The molecule has 51 valence electrons. The minimum absolute atomic E-state index is 1.02. The summed E-state index contributed by atoms with van der Waals surface area (Å²) >= 11 is 0. The average Bonchev–Trinajstić information content (AvgIpc) is 2.01. The van der Waals surface area contributed by atoms with Crippen molar-refractivity contribution in [2.45, 2.75) is 12.8 Å². The van der Waals surface area contributed by atoms with Gasteiger partial charge in [-0.2, -0.15) is 0 Å². The first-order valence-corrected chi connectivity index (χ1v) is 3.55. The molecule has 0 fully saturated rings. The Bertz CT molecular complexity index is 158. The van der Waals surface area contributed by atoms with Crippen molar-refractivity contribution in [1.82, 2.24) is 0 Å². The summed E-state index contributed by atoms with van der Waals surface area (Å²) in [4.78, 5) is 0. The third-order valence-electron chi connectivity index (χ3n) is 1.25. The lowest BCUT2D eigenvalue weighted by Gasteiger charge is -1.84. The second-order valence-corrected chi connectivity index (χ2v) is 2.11. The Morgan fingerprint density at radius 1 is 0.900 bits per heavy atom. The van der Waals surface area contributed by atoms with Crippen molar-refractivity contribution < 1.29 is 0 Å². The molecule has 0 saturated heterocycles. The fourth-order valence-corrected chi connectivity index (χ4v) is 0.741. The van der Waals surface area contributed by atoms with Crippen LogP contribution in [-0.2, 0) is 0 Å². The summed E-state index contributed by atoms with van der Waals surface area (Å²) < 4.78 is 0. The smallest absolute Gasteiger partial charge is 0.0241 e. The molecule has 0 spiro atoms. The van der Waals surface area contributed by atoms with Gasteiger partial charge in [0.05, 0.1) is 0 Å². The van der Waals surface area contributed by atoms with E-state index in [1.54, 1.807) is 0 Å². The van der Waals surface area contributed by atoms with Crippen molar-refractivity contribution in [3.63, 3.8) is 0 Å². The molecular weight excluding hydrogens is 120 g/mol. The van der Waals surface area contributed by atoms with Crippen molar-refractivity contribution in [1.29, 1.82) is 0 Å². The van der Waals surface area contributed by atoms with Gasteiger partial charge in [-0.05, 0) is 18.9 Å². The molecule has 0 N–H and O–H groups in total. The quantitative estimate of drug-likeness (QED) is 0.474. The second-order valence-electron chi connectivity index (χ2n) is 2.11. The lowest BCUT2D eigenvalue weighted by Crippen LogP contribution is -1.65. The van der Waals surface area contributed by atoms with Crippen molar-refractivity contribution in [2.75, 3.05) is 0 Å². The van der Waals surface area contributed by atoms with Crippen molar-refractivity contribution in [2.24, 2.45) is 0 Å². The first kappa shape index (κ1) is 7.07. The van der Waals surface area contributed by atoms with E-state index in [1.165, 1.54) is 0 Å². The number of rotatable bonds is 0. The zero-order chi connectivity index (χ0) is 7.07. The minimum atomic E-state index is 1.02. The minimum Gasteiger partial charge on any atom is -0.0842 e. The van der Waals surface area contributed by atoms with Gasteiger partial charge in [0.15, 0.2) is 0 Å². The first-order chi connectivity index (χ1) is 5.00. The van der Waals surface area contributed by atoms with Crippen LogP contribution in [-0.4, -0.2) is 0 Å². The molecule has 0 heteroatoms. The number of allylic oxidation sites excluding steroid dienone is 8. The Hall–Kier alpha value is -1.04. The molecule has 0 heterocycles. The summed E-state index contributed by atoms with van der Waals surface area (Å²) in [5.41, 5.74) is 0. The van der Waals surface area contributed by atoms with Crippen LogP contribution in [0.1, 0.15) is 12.8 Å². The summed E-state index contributed by atoms with van der Waals surface area (Å²) in [6.07, 6.45) is 19.5. The maximum Gasteiger partial charge on any atom is -0.0241 e. The second kappa shape index (κ2) is 4.80. The van der Waals surface area contributed by atoms with Gasteiger partial charge in [0.1, 0.15) is 0 Å². The highest BCUT2D eigenvalue weighted by atomic mass is 13.8. The maximum atomic E-state index is 3.16. The molecule has 0 aromatic heterocycles. The molecule has 0 amide bonds. The van der Waals surface area contributed by atoms with E-state index in [0.717, 1.165) is 12.8 Å². The fourth-order valence-electron chi connectivity index (χ4n) is 0.741. The van der Waals surface area contributed by atoms with Gasteiger partial charge in [0.2, 0.25) is 0 Å². The molecule has 0 saturated carbocycles. The fraction of sp³-hybridized carbons (Fsp3) is 0.200. The zero-order valence-electron chi connectivity index (χ0n) is 5.96. The molecule has 0 atom stereocenters. The largest absolute Gasteiger partial charge is 0.0842 e. The van der Waals surface area contributed by atoms with E-state index in [1.807, 2.05) is 30.4 Å². The van der Waals surface area contributed by atoms with Crippen LogP contribution in [0.15, 0.2) is 42.5 Å². The molecule has 0 aliphatic heterocycles. The van der Waals surface area contributed by atoms with Gasteiger partial charge in [-0.15, -0.1) is 0 Å². The molecule has 1 aliphatic rings. The van der Waals surface area contributed by atoms with Gasteiger partial charge in [0, 0.05) is 0 Å². The van der Waals surface area contributed by atoms with Gasteiger partial charge >= 0.3 is 0 Å². The summed E-state index contributed by atoms with van der Waals surface area (Å²) in [5.74, 6) is 0. The lowest BCUT2D eigenvalue weighted by atomic mass is 10.2. The highest BCUT2D eigenvalue weighted by Crippen LogP contribution is 1.94. The SMILES string of the molecule is [C]1=C/C=C\C=C/C=C\CC\1. The third-order valence-corrected chi connectivity index (χ3v) is 1.25. The molecule has 0 aromatic rings. The highest BCUT2D eigenvalue weighted by molar-refractivity contribution is 5.15. The van der Waals surface area contributed by atoms with Crippen LogP contribution in [0.2, 0.25) is 0 Å². The molecule has 0 aromatic carbocycles.